The van der Waals surface area contributed by atoms with E-state index in [4.69, 9.17) is 5.11 Å². The van der Waals surface area contributed by atoms with E-state index in [1.54, 1.807) is 13.8 Å². The lowest BCUT2D eigenvalue weighted by molar-refractivity contribution is -0.387. The zero-order valence-corrected chi connectivity index (χ0v) is 13.0. The van der Waals surface area contributed by atoms with Crippen LogP contribution in [-0.4, -0.2) is 41.8 Å². The number of aryl methyl sites for hydroxylation is 2. The highest BCUT2D eigenvalue weighted by molar-refractivity contribution is 7.89. The average Bonchev–Trinajstić information content (AvgIpc) is 2.91. The van der Waals surface area contributed by atoms with Crippen molar-refractivity contribution in [3.63, 3.8) is 0 Å². The van der Waals surface area contributed by atoms with Gasteiger partial charge in [0, 0.05) is 19.2 Å². The van der Waals surface area contributed by atoms with E-state index in [2.05, 4.69) is 0 Å². The molecule has 9 heteroatoms. The number of sulfonamides is 1. The fraction of sp³-hybridized carbons (Fsp3) is 0.462. The maximum absolute atomic E-state index is 12.6. The van der Waals surface area contributed by atoms with Crippen LogP contribution < -0.4 is 0 Å². The number of carboxylic acids is 1. The van der Waals surface area contributed by atoms with Crippen molar-refractivity contribution in [3.8, 4) is 0 Å². The number of carboxylic acid groups (broad SMARTS) is 1. The highest BCUT2D eigenvalue weighted by Crippen LogP contribution is 2.32. The lowest BCUT2D eigenvalue weighted by atomic mass is 10.1. The lowest BCUT2D eigenvalue weighted by Crippen LogP contribution is -2.30. The number of nitro benzene ring substituents is 1. The summed E-state index contributed by atoms with van der Waals surface area (Å²) in [6, 6.07) is 2.50. The van der Waals surface area contributed by atoms with Gasteiger partial charge in [0.05, 0.1) is 10.8 Å². The molecule has 0 radical (unpaired) electrons. The second-order valence-electron chi connectivity index (χ2n) is 5.35. The molecule has 1 unspecified atom stereocenters. The van der Waals surface area contributed by atoms with Crippen molar-refractivity contribution in [2.45, 2.75) is 25.2 Å². The summed E-state index contributed by atoms with van der Waals surface area (Å²) in [6.07, 6.45) is 0.202. The van der Waals surface area contributed by atoms with Crippen LogP contribution in [0.15, 0.2) is 17.0 Å². The Balaban J connectivity index is 2.48. The van der Waals surface area contributed by atoms with Crippen molar-refractivity contribution in [2.24, 2.45) is 5.92 Å². The summed E-state index contributed by atoms with van der Waals surface area (Å²) in [4.78, 5) is 21.0. The number of rotatable bonds is 4. The van der Waals surface area contributed by atoms with Crippen LogP contribution in [0.2, 0.25) is 0 Å². The molecule has 1 atom stereocenters. The number of carbonyl (C=O) groups is 1. The molecule has 1 heterocycles. The second-order valence-corrected chi connectivity index (χ2v) is 7.25. The molecule has 1 fully saturated rings. The van der Waals surface area contributed by atoms with E-state index in [1.165, 1.54) is 12.1 Å². The third-order valence-corrected chi connectivity index (χ3v) is 5.78. The number of nitrogens with zero attached hydrogens (tertiary/aromatic N) is 2. The predicted octanol–water partition coefficient (Wildman–Crippen LogP) is 1.31. The third-order valence-electron chi connectivity index (χ3n) is 3.89. The minimum absolute atomic E-state index is 0.0450. The Morgan fingerprint density at radius 2 is 1.95 bits per heavy atom. The van der Waals surface area contributed by atoms with Crippen LogP contribution >= 0.6 is 0 Å². The van der Waals surface area contributed by atoms with Crippen LogP contribution in [0.1, 0.15) is 17.5 Å². The standard InChI is InChI=1S/C13H16N2O6S/c1-8-5-11(15(18)19)12(6-9(8)2)22(20,21)14-4-3-10(7-14)13(16)17/h5-6,10H,3-4,7H2,1-2H3,(H,16,17). The monoisotopic (exact) mass is 328 g/mol. The quantitative estimate of drug-likeness (QED) is 0.657. The van der Waals surface area contributed by atoms with Gasteiger partial charge in [0.2, 0.25) is 10.0 Å². The first kappa shape index (κ1) is 16.4. The molecule has 0 saturated carbocycles. The zero-order valence-electron chi connectivity index (χ0n) is 12.1. The third kappa shape index (κ3) is 2.81. The SMILES string of the molecule is Cc1cc([N+](=O)[O-])c(S(=O)(=O)N2CCC(C(=O)O)C2)cc1C. The smallest absolute Gasteiger partial charge is 0.307 e. The number of benzene rings is 1. The minimum atomic E-state index is -4.09. The molecule has 0 bridgehead atoms. The normalized spacial score (nSPS) is 19.3. The molecule has 8 nitrogen and oxygen atoms in total. The Kier molecular flexibility index (Phi) is 4.21. The van der Waals surface area contributed by atoms with E-state index >= 15 is 0 Å². The molecule has 0 spiro atoms. The molecule has 1 aromatic rings. The van der Waals surface area contributed by atoms with Gasteiger partial charge in [-0.1, -0.05) is 0 Å². The van der Waals surface area contributed by atoms with Gasteiger partial charge in [0.15, 0.2) is 4.90 Å². The molecule has 1 saturated heterocycles. The summed E-state index contributed by atoms with van der Waals surface area (Å²) in [5, 5.41) is 20.1. The van der Waals surface area contributed by atoms with Gasteiger partial charge >= 0.3 is 5.97 Å². The van der Waals surface area contributed by atoms with E-state index in [0.29, 0.717) is 11.1 Å². The molecule has 2 rings (SSSR count). The molecule has 22 heavy (non-hydrogen) atoms. The summed E-state index contributed by atoms with van der Waals surface area (Å²) in [6.45, 7) is 3.21. The van der Waals surface area contributed by atoms with Crippen LogP contribution in [-0.2, 0) is 14.8 Å². The van der Waals surface area contributed by atoms with Gasteiger partial charge in [-0.3, -0.25) is 14.9 Å². The van der Waals surface area contributed by atoms with Gasteiger partial charge < -0.3 is 5.11 Å². The Bertz CT molecular complexity index is 743. The number of aliphatic carboxylic acids is 1. The number of nitro groups is 1. The zero-order chi connectivity index (χ0) is 16.7. The van der Waals surface area contributed by atoms with Gasteiger partial charge in [0.1, 0.15) is 0 Å². The minimum Gasteiger partial charge on any atom is -0.481 e. The van der Waals surface area contributed by atoms with Crippen molar-refractivity contribution in [2.75, 3.05) is 13.1 Å². The van der Waals surface area contributed by atoms with E-state index < -0.39 is 32.5 Å². The van der Waals surface area contributed by atoms with E-state index in [0.717, 1.165) is 4.31 Å². The van der Waals surface area contributed by atoms with Crippen LogP contribution in [0.3, 0.4) is 0 Å². The first-order valence-electron chi connectivity index (χ1n) is 6.63. The molecule has 0 aromatic heterocycles. The molecule has 1 aliphatic heterocycles. The summed E-state index contributed by atoms with van der Waals surface area (Å²) in [5.41, 5.74) is 0.760. The predicted molar refractivity (Wildman–Crippen MR) is 77.1 cm³/mol. The Morgan fingerprint density at radius 1 is 1.36 bits per heavy atom. The van der Waals surface area contributed by atoms with Crippen molar-refractivity contribution in [1.29, 1.82) is 0 Å². The fourth-order valence-corrected chi connectivity index (χ4v) is 4.13. The first-order chi connectivity index (χ1) is 10.1. The summed E-state index contributed by atoms with van der Waals surface area (Å²) < 4.78 is 26.2. The van der Waals surface area contributed by atoms with Gasteiger partial charge in [-0.05, 0) is 37.5 Å². The average molecular weight is 328 g/mol. The maximum Gasteiger partial charge on any atom is 0.307 e. The lowest BCUT2D eigenvalue weighted by Gasteiger charge is -2.17. The Hall–Kier alpha value is -2.00. The topological polar surface area (TPSA) is 118 Å². The highest BCUT2D eigenvalue weighted by Gasteiger charge is 2.39. The molecule has 0 aliphatic carbocycles. The van der Waals surface area contributed by atoms with Crippen molar-refractivity contribution in [1.82, 2.24) is 4.31 Å². The van der Waals surface area contributed by atoms with E-state index in [-0.39, 0.29) is 24.4 Å². The maximum atomic E-state index is 12.6. The van der Waals surface area contributed by atoms with Gasteiger partial charge in [-0.2, -0.15) is 4.31 Å². The van der Waals surface area contributed by atoms with Crippen molar-refractivity contribution in [3.05, 3.63) is 33.4 Å². The van der Waals surface area contributed by atoms with Crippen LogP contribution in [0.25, 0.3) is 0 Å². The summed E-state index contributed by atoms with van der Waals surface area (Å²) in [5.74, 6) is -1.84. The number of hydrogen-bond donors (Lipinski definition) is 1. The van der Waals surface area contributed by atoms with Crippen molar-refractivity contribution >= 4 is 21.7 Å². The molecule has 1 aliphatic rings. The first-order valence-corrected chi connectivity index (χ1v) is 8.07. The van der Waals surface area contributed by atoms with Crippen LogP contribution in [0.4, 0.5) is 5.69 Å². The molecule has 120 valence electrons. The Morgan fingerprint density at radius 3 is 2.45 bits per heavy atom. The highest BCUT2D eigenvalue weighted by atomic mass is 32.2. The van der Waals surface area contributed by atoms with Gasteiger partial charge in [-0.25, -0.2) is 8.42 Å². The largest absolute Gasteiger partial charge is 0.481 e. The summed E-state index contributed by atoms with van der Waals surface area (Å²) >= 11 is 0. The molecule has 1 N–H and O–H groups in total. The van der Waals surface area contributed by atoms with E-state index in [9.17, 15) is 23.3 Å². The van der Waals surface area contributed by atoms with Crippen LogP contribution in [0.5, 0.6) is 0 Å². The van der Waals surface area contributed by atoms with Crippen LogP contribution in [0, 0.1) is 29.9 Å². The molecular weight excluding hydrogens is 312 g/mol. The molecule has 0 amide bonds. The van der Waals surface area contributed by atoms with Gasteiger partial charge in [-0.15, -0.1) is 0 Å². The Labute approximate surface area is 127 Å². The fourth-order valence-electron chi connectivity index (χ4n) is 2.41. The van der Waals surface area contributed by atoms with Crippen molar-refractivity contribution < 1.29 is 23.2 Å². The van der Waals surface area contributed by atoms with E-state index in [1.807, 2.05) is 0 Å². The molecule has 1 aromatic carbocycles. The molecular formula is C13H16N2O6S. The van der Waals surface area contributed by atoms with Gasteiger partial charge in [0.25, 0.3) is 5.69 Å². The number of hydrogen-bond acceptors (Lipinski definition) is 5. The second kappa shape index (κ2) is 5.65. The summed E-state index contributed by atoms with van der Waals surface area (Å²) in [7, 11) is -4.09.